The van der Waals surface area contributed by atoms with Crippen LogP contribution in [0.1, 0.15) is 44.6 Å². The van der Waals surface area contributed by atoms with Crippen molar-refractivity contribution in [1.29, 1.82) is 5.26 Å². The summed E-state index contributed by atoms with van der Waals surface area (Å²) >= 11 is 3.31. The van der Waals surface area contributed by atoms with E-state index in [4.69, 9.17) is 10.00 Å². The first-order chi connectivity index (χ1) is 14.8. The second kappa shape index (κ2) is 8.49. The summed E-state index contributed by atoms with van der Waals surface area (Å²) in [5, 5.41) is 29.6. The zero-order valence-corrected chi connectivity index (χ0v) is 19.1. The average molecular weight is 493 g/mol. The van der Waals surface area contributed by atoms with E-state index in [1.165, 1.54) is 0 Å². The van der Waals surface area contributed by atoms with Gasteiger partial charge < -0.3 is 19.8 Å². The monoisotopic (exact) mass is 492 g/mol. The first kappa shape index (κ1) is 22.2. The van der Waals surface area contributed by atoms with Crippen molar-refractivity contribution >= 4 is 32.7 Å². The van der Waals surface area contributed by atoms with E-state index in [0.29, 0.717) is 42.7 Å². The number of nitrogens with zero attached hydrogens (tertiary/aromatic N) is 4. The van der Waals surface area contributed by atoms with Gasteiger partial charge in [-0.15, -0.1) is 0 Å². The highest BCUT2D eigenvalue weighted by Gasteiger charge is 2.43. The summed E-state index contributed by atoms with van der Waals surface area (Å²) in [5.41, 5.74) is -0.325. The highest BCUT2D eigenvalue weighted by molar-refractivity contribution is 9.10. The summed E-state index contributed by atoms with van der Waals surface area (Å²) in [6, 6.07) is 3.97. The molecular formula is C22H26BrFN4O3. The van der Waals surface area contributed by atoms with Crippen molar-refractivity contribution < 1.29 is 19.3 Å². The van der Waals surface area contributed by atoms with E-state index in [1.54, 1.807) is 6.92 Å². The summed E-state index contributed by atoms with van der Waals surface area (Å²) in [6.45, 7) is 3.13. The number of rotatable bonds is 7. The van der Waals surface area contributed by atoms with Crippen LogP contribution in [-0.2, 0) is 6.42 Å². The first-order valence-electron chi connectivity index (χ1n) is 10.5. The van der Waals surface area contributed by atoms with Crippen molar-refractivity contribution in [2.45, 2.75) is 51.0 Å². The molecule has 9 heteroatoms. The van der Waals surface area contributed by atoms with E-state index in [2.05, 4.69) is 32.0 Å². The van der Waals surface area contributed by atoms with Crippen molar-refractivity contribution in [2.24, 2.45) is 5.41 Å². The summed E-state index contributed by atoms with van der Waals surface area (Å²) in [7, 11) is 0. The molecule has 166 valence electrons. The number of nitriles is 1. The van der Waals surface area contributed by atoms with Gasteiger partial charge in [-0.1, -0.05) is 0 Å². The molecule has 1 atom stereocenters. The number of aliphatic hydroxyl groups is 2. The van der Waals surface area contributed by atoms with Crippen LogP contribution in [0.25, 0.3) is 10.9 Å². The van der Waals surface area contributed by atoms with Crippen LogP contribution in [0, 0.1) is 22.6 Å². The summed E-state index contributed by atoms with van der Waals surface area (Å²) in [5.74, 6) is -0.00979. The second-order valence-electron chi connectivity index (χ2n) is 9.02. The number of aromatic nitrogens is 2. The molecule has 1 aliphatic carbocycles. The Morgan fingerprint density at radius 1 is 1.35 bits per heavy atom. The van der Waals surface area contributed by atoms with Crippen LogP contribution in [0.15, 0.2) is 10.5 Å². The van der Waals surface area contributed by atoms with Crippen molar-refractivity contribution in [3.63, 3.8) is 0 Å². The molecule has 1 aliphatic heterocycles. The SMILES string of the molecule is C[C@@]1(O)CCCN(c2nc(OCC3(CO)CC3)nc3c(F)c(Br)c(CCC#N)cc23)C1. The largest absolute Gasteiger partial charge is 0.463 e. The Morgan fingerprint density at radius 3 is 2.77 bits per heavy atom. The Hall–Kier alpha value is -2.02. The fraction of sp³-hybridized carbons (Fsp3) is 0.591. The number of ether oxygens (including phenoxy) is 1. The molecular weight excluding hydrogens is 467 g/mol. The molecule has 2 aromatic rings. The van der Waals surface area contributed by atoms with Crippen LogP contribution in [0.4, 0.5) is 10.2 Å². The van der Waals surface area contributed by atoms with E-state index < -0.39 is 11.4 Å². The van der Waals surface area contributed by atoms with Crippen molar-refractivity contribution in [2.75, 3.05) is 31.2 Å². The fourth-order valence-electron chi connectivity index (χ4n) is 4.04. The maximum atomic E-state index is 15.3. The van der Waals surface area contributed by atoms with E-state index in [-0.39, 0.29) is 41.0 Å². The van der Waals surface area contributed by atoms with Gasteiger partial charge in [0.1, 0.15) is 11.3 Å². The van der Waals surface area contributed by atoms with E-state index in [1.807, 2.05) is 11.0 Å². The van der Waals surface area contributed by atoms with Gasteiger partial charge in [0.25, 0.3) is 0 Å². The average Bonchev–Trinajstić information content (AvgIpc) is 3.53. The van der Waals surface area contributed by atoms with Gasteiger partial charge in [0, 0.05) is 30.3 Å². The minimum atomic E-state index is -0.872. The number of hydrogen-bond acceptors (Lipinski definition) is 7. The number of aryl methyl sites for hydroxylation is 1. The van der Waals surface area contributed by atoms with E-state index >= 15 is 4.39 Å². The molecule has 2 aliphatic rings. The molecule has 2 N–H and O–H groups in total. The molecule has 0 bridgehead atoms. The van der Waals surface area contributed by atoms with Crippen LogP contribution in [0.2, 0.25) is 0 Å². The maximum Gasteiger partial charge on any atom is 0.319 e. The van der Waals surface area contributed by atoms with Crippen LogP contribution in [0.3, 0.4) is 0 Å². The van der Waals surface area contributed by atoms with Crippen LogP contribution in [0.5, 0.6) is 6.01 Å². The Kier molecular flexibility index (Phi) is 6.08. The maximum absolute atomic E-state index is 15.3. The lowest BCUT2D eigenvalue weighted by molar-refractivity contribution is 0.0447. The van der Waals surface area contributed by atoms with E-state index in [0.717, 1.165) is 19.3 Å². The Morgan fingerprint density at radius 2 is 2.13 bits per heavy atom. The normalized spacial score (nSPS) is 22.4. The zero-order valence-electron chi connectivity index (χ0n) is 17.5. The van der Waals surface area contributed by atoms with Gasteiger partial charge in [0.05, 0.1) is 29.4 Å². The Labute approximate surface area is 189 Å². The predicted octanol–water partition coefficient (Wildman–Crippen LogP) is 3.49. The molecule has 0 unspecified atom stereocenters. The third-order valence-corrected chi connectivity index (χ3v) is 7.04. The summed E-state index contributed by atoms with van der Waals surface area (Å²) in [6.07, 6.45) is 3.88. The lowest BCUT2D eigenvalue weighted by Gasteiger charge is -2.38. The number of β-amino-alcohol motifs (C(OH)–C–C–N with tert-alkyl or cyclic N) is 1. The third kappa shape index (κ3) is 4.61. The molecule has 31 heavy (non-hydrogen) atoms. The standard InChI is InChI=1S/C22H26BrFN4O3/c1-21(30)5-3-9-28(11-21)19-15-10-14(4-2-8-25)16(23)17(24)18(15)26-20(27-19)31-13-22(12-29)6-7-22/h10,29-30H,2-7,9,11-13H2,1H3/t21-/m1/s1. The minimum Gasteiger partial charge on any atom is -0.463 e. The molecule has 1 saturated carbocycles. The summed E-state index contributed by atoms with van der Waals surface area (Å²) < 4.78 is 21.4. The highest BCUT2D eigenvalue weighted by Crippen LogP contribution is 2.45. The van der Waals surface area contributed by atoms with Crippen LogP contribution in [-0.4, -0.2) is 52.1 Å². The summed E-state index contributed by atoms with van der Waals surface area (Å²) in [4.78, 5) is 10.9. The lowest BCUT2D eigenvalue weighted by Crippen LogP contribution is -2.46. The molecule has 4 rings (SSSR count). The highest BCUT2D eigenvalue weighted by atomic mass is 79.9. The number of hydrogen-bond donors (Lipinski definition) is 2. The van der Waals surface area contributed by atoms with Gasteiger partial charge >= 0.3 is 6.01 Å². The van der Waals surface area contributed by atoms with Gasteiger partial charge in [-0.05, 0) is 66.6 Å². The molecule has 1 aromatic heterocycles. The van der Waals surface area contributed by atoms with Crippen molar-refractivity contribution in [1.82, 2.24) is 9.97 Å². The Balaban J connectivity index is 1.80. The van der Waals surface area contributed by atoms with Gasteiger partial charge in [0.2, 0.25) is 0 Å². The van der Waals surface area contributed by atoms with Gasteiger partial charge in [-0.3, -0.25) is 0 Å². The molecule has 1 aromatic carbocycles. The first-order valence-corrected chi connectivity index (χ1v) is 11.3. The Bertz CT molecular complexity index is 1040. The van der Waals surface area contributed by atoms with Crippen molar-refractivity contribution in [3.8, 4) is 12.1 Å². The smallest absolute Gasteiger partial charge is 0.319 e. The number of piperidine rings is 1. The van der Waals surface area contributed by atoms with Gasteiger partial charge in [-0.25, -0.2) is 4.39 Å². The number of aliphatic hydroxyl groups excluding tert-OH is 1. The number of anilines is 1. The molecule has 1 saturated heterocycles. The zero-order chi connectivity index (χ0) is 22.2. The fourth-order valence-corrected chi connectivity index (χ4v) is 4.54. The molecule has 7 nitrogen and oxygen atoms in total. The molecule has 0 spiro atoms. The number of halogens is 2. The molecule has 0 amide bonds. The topological polar surface area (TPSA) is 102 Å². The predicted molar refractivity (Wildman–Crippen MR) is 117 cm³/mol. The lowest BCUT2D eigenvalue weighted by atomic mass is 9.95. The van der Waals surface area contributed by atoms with E-state index in [9.17, 15) is 10.2 Å². The second-order valence-corrected chi connectivity index (χ2v) is 9.81. The molecule has 2 fully saturated rings. The van der Waals surface area contributed by atoms with Gasteiger partial charge in [-0.2, -0.15) is 15.2 Å². The molecule has 0 radical (unpaired) electrons. The van der Waals surface area contributed by atoms with Gasteiger partial charge in [0.15, 0.2) is 5.82 Å². The molecule has 2 heterocycles. The van der Waals surface area contributed by atoms with Crippen molar-refractivity contribution in [3.05, 3.63) is 21.9 Å². The van der Waals surface area contributed by atoms with Crippen LogP contribution < -0.4 is 9.64 Å². The third-order valence-electron chi connectivity index (χ3n) is 6.19. The quantitative estimate of drug-likeness (QED) is 0.609. The number of benzene rings is 1. The minimum absolute atomic E-state index is 0.0323. The van der Waals surface area contributed by atoms with Crippen LogP contribution >= 0.6 is 15.9 Å². The number of fused-ring (bicyclic) bond motifs is 1.